The molecule has 0 aliphatic heterocycles. The molecule has 0 saturated carbocycles. The predicted octanol–water partition coefficient (Wildman–Crippen LogP) is 2.49. The van der Waals surface area contributed by atoms with Crippen LogP contribution in [-0.4, -0.2) is 22.6 Å². The van der Waals surface area contributed by atoms with Crippen molar-refractivity contribution < 1.29 is 17.9 Å². The van der Waals surface area contributed by atoms with Crippen molar-refractivity contribution in [2.75, 3.05) is 14.2 Å². The number of ether oxygens (including phenoxy) is 2. The summed E-state index contributed by atoms with van der Waals surface area (Å²) in [6.07, 6.45) is 0. The SMILES string of the molecule is COc1ccc(OC)c(S(=O)(=O)NCc2ccc(C)cc2)c1. The third-order valence-electron chi connectivity index (χ3n) is 3.25. The molecule has 0 unspecified atom stereocenters. The fourth-order valence-electron chi connectivity index (χ4n) is 1.96. The molecule has 0 aromatic heterocycles. The highest BCUT2D eigenvalue weighted by Gasteiger charge is 2.20. The Labute approximate surface area is 130 Å². The molecule has 0 atom stereocenters. The lowest BCUT2D eigenvalue weighted by Gasteiger charge is -2.12. The standard InChI is InChI=1S/C16H19NO4S/c1-12-4-6-13(7-5-12)11-17-22(18,19)16-10-14(20-2)8-9-15(16)21-3/h4-10,17H,11H2,1-3H3. The van der Waals surface area contributed by atoms with Crippen molar-refractivity contribution >= 4 is 10.0 Å². The van der Waals surface area contributed by atoms with Crippen LogP contribution in [0.1, 0.15) is 11.1 Å². The quantitative estimate of drug-likeness (QED) is 0.888. The summed E-state index contributed by atoms with van der Waals surface area (Å²) in [4.78, 5) is 0.0569. The van der Waals surface area contributed by atoms with Crippen molar-refractivity contribution in [1.29, 1.82) is 0 Å². The minimum absolute atomic E-state index is 0.0569. The molecule has 2 aromatic rings. The molecule has 0 fully saturated rings. The molecule has 6 heteroatoms. The maximum Gasteiger partial charge on any atom is 0.244 e. The van der Waals surface area contributed by atoms with Gasteiger partial charge in [-0.05, 0) is 24.6 Å². The minimum atomic E-state index is -3.70. The van der Waals surface area contributed by atoms with Crippen LogP contribution in [0.5, 0.6) is 11.5 Å². The monoisotopic (exact) mass is 321 g/mol. The van der Waals surface area contributed by atoms with Gasteiger partial charge in [-0.15, -0.1) is 0 Å². The van der Waals surface area contributed by atoms with Crippen LogP contribution in [0, 0.1) is 6.92 Å². The second-order valence-electron chi connectivity index (χ2n) is 4.83. The number of aryl methyl sites for hydroxylation is 1. The molecule has 2 rings (SSSR count). The Morgan fingerprint density at radius 3 is 2.27 bits per heavy atom. The summed E-state index contributed by atoms with van der Waals surface area (Å²) >= 11 is 0. The molecule has 0 heterocycles. The first-order chi connectivity index (χ1) is 10.5. The summed E-state index contributed by atoms with van der Waals surface area (Å²) in [7, 11) is -0.784. The first-order valence-corrected chi connectivity index (χ1v) is 8.22. The number of hydrogen-bond acceptors (Lipinski definition) is 4. The van der Waals surface area contributed by atoms with Crippen molar-refractivity contribution in [1.82, 2.24) is 4.72 Å². The van der Waals surface area contributed by atoms with Gasteiger partial charge < -0.3 is 9.47 Å². The zero-order valence-electron chi connectivity index (χ0n) is 12.8. The number of sulfonamides is 1. The second kappa shape index (κ2) is 6.81. The van der Waals surface area contributed by atoms with Gasteiger partial charge in [0.1, 0.15) is 16.4 Å². The Morgan fingerprint density at radius 2 is 1.68 bits per heavy atom. The number of methoxy groups -OCH3 is 2. The van der Waals surface area contributed by atoms with Crippen molar-refractivity contribution in [3.63, 3.8) is 0 Å². The average molecular weight is 321 g/mol. The van der Waals surface area contributed by atoms with Crippen molar-refractivity contribution in [2.24, 2.45) is 0 Å². The largest absolute Gasteiger partial charge is 0.497 e. The van der Waals surface area contributed by atoms with E-state index in [0.717, 1.165) is 11.1 Å². The Bertz CT molecular complexity index is 739. The van der Waals surface area contributed by atoms with Gasteiger partial charge in [-0.25, -0.2) is 13.1 Å². The lowest BCUT2D eigenvalue weighted by Crippen LogP contribution is -2.23. The van der Waals surface area contributed by atoms with Crippen LogP contribution in [0.4, 0.5) is 0 Å². The van der Waals surface area contributed by atoms with Gasteiger partial charge in [0.2, 0.25) is 10.0 Å². The van der Waals surface area contributed by atoms with Crippen molar-refractivity contribution in [3.05, 3.63) is 53.6 Å². The maximum absolute atomic E-state index is 12.5. The Morgan fingerprint density at radius 1 is 1.00 bits per heavy atom. The van der Waals surface area contributed by atoms with Crippen molar-refractivity contribution in [2.45, 2.75) is 18.4 Å². The molecule has 0 aliphatic rings. The average Bonchev–Trinajstić information content (AvgIpc) is 2.53. The van der Waals surface area contributed by atoms with Crippen LogP contribution in [0.15, 0.2) is 47.4 Å². The number of benzene rings is 2. The fraction of sp³-hybridized carbons (Fsp3) is 0.250. The minimum Gasteiger partial charge on any atom is -0.497 e. The predicted molar refractivity (Wildman–Crippen MR) is 84.8 cm³/mol. The summed E-state index contributed by atoms with van der Waals surface area (Å²) in [5, 5.41) is 0. The Hall–Kier alpha value is -2.05. The summed E-state index contributed by atoms with van der Waals surface area (Å²) in [5.74, 6) is 0.730. The topological polar surface area (TPSA) is 64.6 Å². The van der Waals surface area contributed by atoms with E-state index in [4.69, 9.17) is 9.47 Å². The maximum atomic E-state index is 12.5. The van der Waals surface area contributed by atoms with E-state index in [1.165, 1.54) is 20.3 Å². The number of rotatable bonds is 6. The zero-order chi connectivity index (χ0) is 16.2. The van der Waals surface area contributed by atoms with Crippen LogP contribution in [0.3, 0.4) is 0 Å². The molecule has 118 valence electrons. The zero-order valence-corrected chi connectivity index (χ0v) is 13.6. The highest BCUT2D eigenvalue weighted by Crippen LogP contribution is 2.28. The summed E-state index contributed by atoms with van der Waals surface area (Å²) in [6.45, 7) is 2.19. The number of nitrogens with one attached hydrogen (secondary N) is 1. The van der Waals surface area contributed by atoms with E-state index in [1.54, 1.807) is 12.1 Å². The molecule has 0 radical (unpaired) electrons. The molecular formula is C16H19NO4S. The third kappa shape index (κ3) is 3.78. The van der Waals surface area contributed by atoms with Crippen LogP contribution < -0.4 is 14.2 Å². The lowest BCUT2D eigenvalue weighted by molar-refractivity contribution is 0.392. The summed E-state index contributed by atoms with van der Waals surface area (Å²) in [6, 6.07) is 12.3. The van der Waals surface area contributed by atoms with Gasteiger partial charge >= 0.3 is 0 Å². The van der Waals surface area contributed by atoms with Gasteiger partial charge in [0.15, 0.2) is 0 Å². The Kier molecular flexibility index (Phi) is 5.05. The van der Waals surface area contributed by atoms with Gasteiger partial charge in [-0.3, -0.25) is 0 Å². The van der Waals surface area contributed by atoms with Gasteiger partial charge in [0.05, 0.1) is 14.2 Å². The number of hydrogen-bond donors (Lipinski definition) is 1. The second-order valence-corrected chi connectivity index (χ2v) is 6.56. The molecule has 0 spiro atoms. The van der Waals surface area contributed by atoms with Gasteiger partial charge in [0.25, 0.3) is 0 Å². The van der Waals surface area contributed by atoms with Crippen LogP contribution in [0.25, 0.3) is 0 Å². The summed E-state index contributed by atoms with van der Waals surface area (Å²) < 4.78 is 37.7. The molecule has 22 heavy (non-hydrogen) atoms. The summed E-state index contributed by atoms with van der Waals surface area (Å²) in [5.41, 5.74) is 2.01. The van der Waals surface area contributed by atoms with E-state index < -0.39 is 10.0 Å². The first-order valence-electron chi connectivity index (χ1n) is 6.73. The molecule has 1 N–H and O–H groups in total. The van der Waals surface area contributed by atoms with Gasteiger partial charge in [0, 0.05) is 12.6 Å². The smallest absolute Gasteiger partial charge is 0.244 e. The Balaban J connectivity index is 2.24. The molecule has 5 nitrogen and oxygen atoms in total. The van der Waals surface area contributed by atoms with E-state index in [9.17, 15) is 8.42 Å². The molecule has 0 amide bonds. The van der Waals surface area contributed by atoms with E-state index in [1.807, 2.05) is 31.2 Å². The van der Waals surface area contributed by atoms with Crippen LogP contribution in [-0.2, 0) is 16.6 Å². The van der Waals surface area contributed by atoms with E-state index in [2.05, 4.69) is 4.72 Å². The molecular weight excluding hydrogens is 302 g/mol. The van der Waals surface area contributed by atoms with E-state index in [-0.39, 0.29) is 17.2 Å². The van der Waals surface area contributed by atoms with Gasteiger partial charge in [-0.2, -0.15) is 0 Å². The van der Waals surface area contributed by atoms with E-state index >= 15 is 0 Å². The molecule has 0 saturated heterocycles. The lowest BCUT2D eigenvalue weighted by atomic mass is 10.2. The fourth-order valence-corrected chi connectivity index (χ4v) is 3.16. The first kappa shape index (κ1) is 16.3. The third-order valence-corrected chi connectivity index (χ3v) is 4.67. The van der Waals surface area contributed by atoms with Gasteiger partial charge in [-0.1, -0.05) is 29.8 Å². The van der Waals surface area contributed by atoms with Crippen LogP contribution >= 0.6 is 0 Å². The normalized spacial score (nSPS) is 11.2. The highest BCUT2D eigenvalue weighted by molar-refractivity contribution is 7.89. The molecule has 0 bridgehead atoms. The van der Waals surface area contributed by atoms with E-state index in [0.29, 0.717) is 5.75 Å². The molecule has 2 aromatic carbocycles. The van der Waals surface area contributed by atoms with Crippen LogP contribution in [0.2, 0.25) is 0 Å². The molecule has 0 aliphatic carbocycles. The van der Waals surface area contributed by atoms with Crippen molar-refractivity contribution in [3.8, 4) is 11.5 Å². The highest BCUT2D eigenvalue weighted by atomic mass is 32.2.